The summed E-state index contributed by atoms with van der Waals surface area (Å²) in [5.41, 5.74) is 2.94. The summed E-state index contributed by atoms with van der Waals surface area (Å²) < 4.78 is 0. The number of aromatic nitrogens is 1. The molecule has 0 radical (unpaired) electrons. The van der Waals surface area contributed by atoms with Crippen LogP contribution in [0.25, 0.3) is 0 Å². The number of hydrogen-bond acceptors (Lipinski definition) is 6. The van der Waals surface area contributed by atoms with Crippen LogP contribution in [0.5, 0.6) is 5.88 Å². The second-order valence-corrected chi connectivity index (χ2v) is 8.82. The highest BCUT2D eigenvalue weighted by atomic mass is 35.5. The summed E-state index contributed by atoms with van der Waals surface area (Å²) >= 11 is 13.1. The number of fused-ring (bicyclic) bond motifs is 1. The van der Waals surface area contributed by atoms with E-state index in [1.807, 2.05) is 12.1 Å². The molecule has 30 heavy (non-hydrogen) atoms. The molecule has 0 fully saturated rings. The average molecular weight is 461 g/mol. The Bertz CT molecular complexity index is 1120. The molecule has 1 heterocycles. The van der Waals surface area contributed by atoms with Gasteiger partial charge in [0, 0.05) is 5.02 Å². The van der Waals surface area contributed by atoms with Gasteiger partial charge in [-0.1, -0.05) is 58.8 Å². The second-order valence-electron chi connectivity index (χ2n) is 6.91. The summed E-state index contributed by atoms with van der Waals surface area (Å²) in [6.45, 7) is 0. The molecule has 0 saturated carbocycles. The van der Waals surface area contributed by atoms with Crippen molar-refractivity contribution in [3.63, 3.8) is 0 Å². The van der Waals surface area contributed by atoms with Gasteiger partial charge in [-0.05, 0) is 48.6 Å². The first-order valence-electron chi connectivity index (χ1n) is 9.42. The van der Waals surface area contributed by atoms with Gasteiger partial charge in [0.1, 0.15) is 0 Å². The Labute approximate surface area is 187 Å². The molecule has 3 aromatic rings. The first-order chi connectivity index (χ1) is 14.5. The standard InChI is InChI=1S/C21H18Cl2N4O2S/c22-13-8-9-17(15(23)10-13)24-19(28)11-18-20(29)25-21(30-18)27-26-16-7-3-5-12-4-1-2-6-14(12)16/h1-2,4,6,8-10,16,29H,3,5,7,11H2,(H,24,28). The fourth-order valence-corrected chi connectivity index (χ4v) is 4.62. The Morgan fingerprint density at radius 1 is 1.27 bits per heavy atom. The molecule has 0 bridgehead atoms. The SMILES string of the molecule is O=C(Cc1sc(N=NC2CCCc3ccccc32)nc1O)Nc1ccc(Cl)cc1Cl. The number of carbonyl (C=O) groups excluding carboxylic acids is 1. The first-order valence-corrected chi connectivity index (χ1v) is 11.0. The lowest BCUT2D eigenvalue weighted by molar-refractivity contribution is -0.115. The van der Waals surface area contributed by atoms with Crippen LogP contribution in [0.15, 0.2) is 52.7 Å². The molecule has 2 aromatic carbocycles. The third-order valence-electron chi connectivity index (χ3n) is 4.81. The van der Waals surface area contributed by atoms with Crippen LogP contribution < -0.4 is 5.32 Å². The Balaban J connectivity index is 1.43. The molecule has 1 unspecified atom stereocenters. The van der Waals surface area contributed by atoms with Crippen molar-refractivity contribution in [3.05, 3.63) is 68.5 Å². The van der Waals surface area contributed by atoms with Crippen molar-refractivity contribution in [2.45, 2.75) is 31.7 Å². The normalized spacial score (nSPS) is 15.9. The van der Waals surface area contributed by atoms with E-state index in [0.29, 0.717) is 25.7 Å². The maximum absolute atomic E-state index is 12.3. The van der Waals surface area contributed by atoms with Crippen molar-refractivity contribution in [1.82, 2.24) is 4.98 Å². The molecule has 2 N–H and O–H groups in total. The van der Waals surface area contributed by atoms with Crippen molar-refractivity contribution in [2.75, 3.05) is 5.32 Å². The molecular weight excluding hydrogens is 443 g/mol. The van der Waals surface area contributed by atoms with Crippen molar-refractivity contribution in [3.8, 4) is 5.88 Å². The lowest BCUT2D eigenvalue weighted by atomic mass is 9.88. The van der Waals surface area contributed by atoms with Crippen molar-refractivity contribution >= 4 is 51.3 Å². The molecule has 1 aromatic heterocycles. The number of benzene rings is 2. The fourth-order valence-electron chi connectivity index (χ4n) is 3.39. The van der Waals surface area contributed by atoms with Crippen molar-refractivity contribution in [1.29, 1.82) is 0 Å². The van der Waals surface area contributed by atoms with Crippen LogP contribution in [0.2, 0.25) is 10.0 Å². The topological polar surface area (TPSA) is 86.9 Å². The number of thiazole rings is 1. The Kier molecular flexibility index (Phi) is 6.32. The highest BCUT2D eigenvalue weighted by molar-refractivity contribution is 7.15. The molecule has 4 rings (SSSR count). The lowest BCUT2D eigenvalue weighted by Gasteiger charge is -2.20. The van der Waals surface area contributed by atoms with Gasteiger partial charge in [0.15, 0.2) is 0 Å². The second kappa shape index (κ2) is 9.12. The molecule has 0 saturated heterocycles. The molecular formula is C21H18Cl2N4O2S. The average Bonchev–Trinajstić information content (AvgIpc) is 3.07. The number of amides is 1. The zero-order valence-electron chi connectivity index (χ0n) is 15.8. The molecule has 154 valence electrons. The number of halogens is 2. The summed E-state index contributed by atoms with van der Waals surface area (Å²) in [6.07, 6.45) is 2.98. The molecule has 1 amide bonds. The maximum atomic E-state index is 12.3. The van der Waals surface area contributed by atoms with Gasteiger partial charge >= 0.3 is 0 Å². The van der Waals surface area contributed by atoms with Gasteiger partial charge in [0.2, 0.25) is 16.9 Å². The van der Waals surface area contributed by atoms with Crippen LogP contribution in [-0.2, 0) is 17.6 Å². The van der Waals surface area contributed by atoms with Crippen LogP contribution in [0, 0.1) is 0 Å². The maximum Gasteiger partial charge on any atom is 0.233 e. The van der Waals surface area contributed by atoms with Gasteiger partial charge < -0.3 is 10.4 Å². The van der Waals surface area contributed by atoms with E-state index in [2.05, 4.69) is 32.7 Å². The minimum atomic E-state index is -0.331. The van der Waals surface area contributed by atoms with E-state index in [-0.39, 0.29) is 24.2 Å². The minimum Gasteiger partial charge on any atom is -0.492 e. The van der Waals surface area contributed by atoms with Gasteiger partial charge in [0.25, 0.3) is 0 Å². The molecule has 1 aliphatic rings. The zero-order valence-corrected chi connectivity index (χ0v) is 18.1. The number of carbonyl (C=O) groups is 1. The largest absolute Gasteiger partial charge is 0.492 e. The highest BCUT2D eigenvalue weighted by Crippen LogP contribution is 2.36. The molecule has 1 atom stereocenters. The van der Waals surface area contributed by atoms with E-state index >= 15 is 0 Å². The Morgan fingerprint density at radius 2 is 2.10 bits per heavy atom. The molecule has 9 heteroatoms. The molecule has 0 spiro atoms. The van der Waals surface area contributed by atoms with E-state index in [9.17, 15) is 9.90 Å². The zero-order chi connectivity index (χ0) is 21.1. The number of rotatable bonds is 5. The molecule has 6 nitrogen and oxygen atoms in total. The van der Waals surface area contributed by atoms with E-state index in [0.717, 1.165) is 30.6 Å². The predicted octanol–water partition coefficient (Wildman–Crippen LogP) is 6.50. The number of nitrogens with one attached hydrogen (secondary N) is 1. The Morgan fingerprint density at radius 3 is 2.93 bits per heavy atom. The van der Waals surface area contributed by atoms with Gasteiger partial charge in [0.05, 0.1) is 28.0 Å². The summed E-state index contributed by atoms with van der Waals surface area (Å²) in [5.74, 6) is -0.543. The van der Waals surface area contributed by atoms with Crippen molar-refractivity contribution in [2.24, 2.45) is 10.2 Å². The van der Waals surface area contributed by atoms with E-state index in [1.54, 1.807) is 18.2 Å². The summed E-state index contributed by atoms with van der Waals surface area (Å²) in [7, 11) is 0. The molecule has 0 aliphatic heterocycles. The van der Waals surface area contributed by atoms with Crippen LogP contribution in [0.3, 0.4) is 0 Å². The number of aromatic hydroxyl groups is 1. The number of hydrogen-bond donors (Lipinski definition) is 2. The smallest absolute Gasteiger partial charge is 0.233 e. The van der Waals surface area contributed by atoms with Crippen LogP contribution >= 0.6 is 34.5 Å². The monoisotopic (exact) mass is 460 g/mol. The van der Waals surface area contributed by atoms with Crippen molar-refractivity contribution < 1.29 is 9.90 Å². The van der Waals surface area contributed by atoms with Gasteiger partial charge in [-0.2, -0.15) is 10.1 Å². The van der Waals surface area contributed by atoms with Crippen LogP contribution in [-0.4, -0.2) is 16.0 Å². The summed E-state index contributed by atoms with van der Waals surface area (Å²) in [4.78, 5) is 16.8. The van der Waals surface area contributed by atoms with Gasteiger partial charge in [-0.25, -0.2) is 0 Å². The van der Waals surface area contributed by atoms with Gasteiger partial charge in [-0.15, -0.1) is 5.11 Å². The van der Waals surface area contributed by atoms with Crippen LogP contribution in [0.4, 0.5) is 10.8 Å². The fraction of sp³-hybridized carbons (Fsp3) is 0.238. The number of azo groups is 1. The third-order valence-corrected chi connectivity index (χ3v) is 6.29. The quantitative estimate of drug-likeness (QED) is 0.426. The third kappa shape index (κ3) is 4.80. The Hall–Kier alpha value is -2.48. The minimum absolute atomic E-state index is 0.0141. The first kappa shape index (κ1) is 20.8. The predicted molar refractivity (Wildman–Crippen MR) is 119 cm³/mol. The number of nitrogens with zero attached hydrogens (tertiary/aromatic N) is 3. The molecule has 1 aliphatic carbocycles. The number of anilines is 1. The summed E-state index contributed by atoms with van der Waals surface area (Å²) in [6, 6.07) is 13.0. The van der Waals surface area contributed by atoms with E-state index < -0.39 is 0 Å². The van der Waals surface area contributed by atoms with Gasteiger partial charge in [-0.3, -0.25) is 4.79 Å². The van der Waals surface area contributed by atoms with Crippen LogP contribution in [0.1, 0.15) is 34.9 Å². The lowest BCUT2D eigenvalue weighted by Crippen LogP contribution is -2.14. The van der Waals surface area contributed by atoms with E-state index in [4.69, 9.17) is 23.2 Å². The number of aryl methyl sites for hydroxylation is 1. The van der Waals surface area contributed by atoms with E-state index in [1.165, 1.54) is 11.1 Å². The summed E-state index contributed by atoms with van der Waals surface area (Å²) in [5, 5.41) is 22.6. The highest BCUT2D eigenvalue weighted by Gasteiger charge is 2.20.